The zero-order chi connectivity index (χ0) is 23.5. The first-order valence-corrected chi connectivity index (χ1v) is 12.7. The predicted octanol–water partition coefficient (Wildman–Crippen LogP) is 3.67. The van der Waals surface area contributed by atoms with Crippen molar-refractivity contribution in [1.82, 2.24) is 10.0 Å². The third-order valence-electron chi connectivity index (χ3n) is 5.89. The van der Waals surface area contributed by atoms with E-state index in [1.807, 2.05) is 0 Å². The van der Waals surface area contributed by atoms with Gasteiger partial charge in [0.25, 0.3) is 0 Å². The van der Waals surface area contributed by atoms with Gasteiger partial charge in [-0.3, -0.25) is 0 Å². The summed E-state index contributed by atoms with van der Waals surface area (Å²) in [6, 6.07) is 1.20. The lowest BCUT2D eigenvalue weighted by Gasteiger charge is -2.35. The van der Waals surface area contributed by atoms with E-state index in [2.05, 4.69) is 14.8 Å². The van der Waals surface area contributed by atoms with Crippen LogP contribution in [-0.2, 0) is 14.8 Å². The average Bonchev–Trinajstić information content (AvgIpc) is 2.68. The fraction of sp³-hybridized carbons (Fsp3) is 0.714. The minimum Gasteiger partial charge on any atom is -0.429 e. The molecule has 3 rings (SSSR count). The van der Waals surface area contributed by atoms with Crippen LogP contribution in [0.25, 0.3) is 0 Å². The lowest BCUT2D eigenvalue weighted by Crippen LogP contribution is -2.55. The van der Waals surface area contributed by atoms with E-state index in [9.17, 15) is 26.0 Å². The molecule has 182 valence electrons. The molecule has 11 heteroatoms. The van der Waals surface area contributed by atoms with Crippen LogP contribution >= 0.6 is 0 Å². The molecule has 2 atom stereocenters. The maximum Gasteiger partial charge on any atom is 0.395 e. The molecule has 32 heavy (non-hydrogen) atoms. The molecule has 1 aromatic rings. The van der Waals surface area contributed by atoms with Gasteiger partial charge in [-0.15, -0.1) is 0 Å². The number of hydrogen-bond acceptors (Lipinski definition) is 5. The van der Waals surface area contributed by atoms with Gasteiger partial charge in [0.1, 0.15) is 5.82 Å². The van der Waals surface area contributed by atoms with Crippen molar-refractivity contribution in [2.45, 2.75) is 75.7 Å². The largest absolute Gasteiger partial charge is 0.429 e. The topological polar surface area (TPSA) is 76.7 Å². The summed E-state index contributed by atoms with van der Waals surface area (Å²) in [5.74, 6) is -2.92. The van der Waals surface area contributed by atoms with Gasteiger partial charge in [0, 0.05) is 30.6 Å². The molecule has 1 aliphatic carbocycles. The quantitative estimate of drug-likeness (QED) is 0.553. The molecule has 0 bridgehead atoms. The third-order valence-corrected chi connectivity index (χ3v) is 6.62. The van der Waals surface area contributed by atoms with Gasteiger partial charge >= 0.3 is 6.11 Å². The number of piperidine rings is 1. The highest BCUT2D eigenvalue weighted by Crippen LogP contribution is 2.41. The van der Waals surface area contributed by atoms with Gasteiger partial charge in [-0.1, -0.05) is 0 Å². The van der Waals surface area contributed by atoms with Gasteiger partial charge in [0.2, 0.25) is 10.0 Å². The van der Waals surface area contributed by atoms with E-state index >= 15 is 0 Å². The third kappa shape index (κ3) is 7.29. The van der Waals surface area contributed by atoms with E-state index in [0.717, 1.165) is 31.7 Å². The van der Waals surface area contributed by atoms with E-state index in [1.54, 1.807) is 0 Å². The number of benzene rings is 1. The summed E-state index contributed by atoms with van der Waals surface area (Å²) < 4.78 is 91.0. The molecule has 2 aliphatic rings. The van der Waals surface area contributed by atoms with E-state index in [4.69, 9.17) is 4.74 Å². The molecule has 1 saturated heterocycles. The summed E-state index contributed by atoms with van der Waals surface area (Å²) in [6.07, 6.45) is 1.19. The predicted molar refractivity (Wildman–Crippen MR) is 111 cm³/mol. The molecule has 1 aromatic carbocycles. The van der Waals surface area contributed by atoms with Crippen LogP contribution in [0.15, 0.2) is 12.1 Å². The number of rotatable bonds is 8. The first-order valence-electron chi connectivity index (χ1n) is 10.8. The zero-order valence-electron chi connectivity index (χ0n) is 18.2. The Hall–Kier alpha value is -1.43. The van der Waals surface area contributed by atoms with Crippen molar-refractivity contribution in [2.24, 2.45) is 0 Å². The molecule has 2 fully saturated rings. The maximum absolute atomic E-state index is 14.2. The Labute approximate surface area is 186 Å². The molecule has 2 N–H and O–H groups in total. The summed E-state index contributed by atoms with van der Waals surface area (Å²) in [5, 5.41) is 3.28. The van der Waals surface area contributed by atoms with Crippen LogP contribution in [0.2, 0.25) is 0 Å². The van der Waals surface area contributed by atoms with Gasteiger partial charge in [-0.2, -0.15) is 8.78 Å². The molecule has 1 aliphatic heterocycles. The number of sulfonamides is 1. The van der Waals surface area contributed by atoms with Crippen molar-refractivity contribution in [3.8, 4) is 5.75 Å². The van der Waals surface area contributed by atoms with Crippen LogP contribution in [-0.4, -0.2) is 52.1 Å². The molecule has 0 aromatic heterocycles. The highest BCUT2D eigenvalue weighted by Gasteiger charge is 2.33. The second-order valence-corrected chi connectivity index (χ2v) is 10.5. The molecule has 1 saturated carbocycles. The number of halogens is 4. The normalized spacial score (nSPS) is 27.3. The fourth-order valence-electron chi connectivity index (χ4n) is 4.49. The van der Waals surface area contributed by atoms with Crippen LogP contribution in [0.3, 0.4) is 0 Å². The summed E-state index contributed by atoms with van der Waals surface area (Å²) in [4.78, 5) is 0. The van der Waals surface area contributed by atoms with Crippen LogP contribution in [0.1, 0.15) is 56.9 Å². The SMILES string of the molecule is CC(F)(F)Oc1c(F)cc(F)cc1[C@H]1CC[C@@H](OC[C@@H]2NCCC[C@@H]2NS(C)(=O)=O)CC1. The average molecular weight is 483 g/mol. The highest BCUT2D eigenvalue weighted by molar-refractivity contribution is 7.88. The number of nitrogens with one attached hydrogen (secondary N) is 2. The minimum atomic E-state index is -3.59. The Balaban J connectivity index is 1.59. The van der Waals surface area contributed by atoms with Gasteiger partial charge in [-0.25, -0.2) is 21.9 Å². The summed E-state index contributed by atoms with van der Waals surface area (Å²) in [5.41, 5.74) is 0.105. The number of alkyl halides is 2. The number of hydrogen-bond donors (Lipinski definition) is 2. The van der Waals surface area contributed by atoms with E-state index in [-0.39, 0.29) is 29.7 Å². The van der Waals surface area contributed by atoms with Crippen LogP contribution in [0.5, 0.6) is 5.75 Å². The standard InChI is InChI=1S/C21H30F4N2O4S/c1-21(24,25)31-20-16(10-14(22)11-17(20)23)13-5-7-15(8-6-13)30-12-19-18(4-3-9-26-19)27-32(2,28)29/h10-11,13,15,18-19,26-27H,3-9,12H2,1-2H3/t13-,15+,18-,19-/m0/s1. The Morgan fingerprint density at radius 3 is 2.47 bits per heavy atom. The molecule has 6 nitrogen and oxygen atoms in total. The highest BCUT2D eigenvalue weighted by atomic mass is 32.2. The summed E-state index contributed by atoms with van der Waals surface area (Å²) in [6.45, 7) is 1.61. The zero-order valence-corrected chi connectivity index (χ0v) is 19.0. The van der Waals surface area contributed by atoms with E-state index in [0.29, 0.717) is 45.3 Å². The maximum atomic E-state index is 14.2. The van der Waals surface area contributed by atoms with Gasteiger partial charge in [0.05, 0.1) is 19.0 Å². The fourth-order valence-corrected chi connectivity index (χ4v) is 5.33. The molecular weight excluding hydrogens is 452 g/mol. The Bertz CT molecular complexity index is 887. The Morgan fingerprint density at radius 1 is 1.16 bits per heavy atom. The Kier molecular flexibility index (Phi) is 8.06. The van der Waals surface area contributed by atoms with Gasteiger partial charge in [-0.05, 0) is 57.1 Å². The summed E-state index contributed by atoms with van der Waals surface area (Å²) >= 11 is 0. The molecule has 1 heterocycles. The van der Waals surface area contributed by atoms with Crippen molar-refractivity contribution in [3.63, 3.8) is 0 Å². The minimum absolute atomic E-state index is 0.105. The second-order valence-electron chi connectivity index (χ2n) is 8.72. The molecular formula is C21H30F4N2O4S. The van der Waals surface area contributed by atoms with Crippen LogP contribution in [0.4, 0.5) is 17.6 Å². The van der Waals surface area contributed by atoms with Crippen LogP contribution in [0, 0.1) is 11.6 Å². The van der Waals surface area contributed by atoms with Crippen molar-refractivity contribution < 1.29 is 35.5 Å². The van der Waals surface area contributed by atoms with Crippen LogP contribution < -0.4 is 14.8 Å². The lowest BCUT2D eigenvalue weighted by molar-refractivity contribution is -0.161. The van der Waals surface area contributed by atoms with Crippen molar-refractivity contribution in [2.75, 3.05) is 19.4 Å². The molecule has 0 unspecified atom stereocenters. The van der Waals surface area contributed by atoms with E-state index < -0.39 is 33.5 Å². The van der Waals surface area contributed by atoms with Crippen molar-refractivity contribution in [3.05, 3.63) is 29.3 Å². The molecule has 0 spiro atoms. The molecule has 0 amide bonds. The van der Waals surface area contributed by atoms with Crippen molar-refractivity contribution in [1.29, 1.82) is 0 Å². The van der Waals surface area contributed by atoms with Gasteiger partial charge < -0.3 is 14.8 Å². The van der Waals surface area contributed by atoms with E-state index in [1.165, 1.54) is 0 Å². The van der Waals surface area contributed by atoms with Crippen molar-refractivity contribution >= 4 is 10.0 Å². The number of ether oxygens (including phenoxy) is 2. The first-order chi connectivity index (χ1) is 14.9. The smallest absolute Gasteiger partial charge is 0.395 e. The van der Waals surface area contributed by atoms with Gasteiger partial charge in [0.15, 0.2) is 11.6 Å². The Morgan fingerprint density at radius 2 is 1.84 bits per heavy atom. The first kappa shape index (κ1) is 25.2. The summed E-state index contributed by atoms with van der Waals surface area (Å²) in [7, 11) is -3.33. The second kappa shape index (κ2) is 10.2. The lowest BCUT2D eigenvalue weighted by atomic mass is 9.82. The monoisotopic (exact) mass is 482 g/mol. The molecule has 0 radical (unpaired) electrons.